The number of carbonyl (C=O) groups is 3. The predicted octanol–water partition coefficient (Wildman–Crippen LogP) is -1.10. The summed E-state index contributed by atoms with van der Waals surface area (Å²) in [5, 5.41) is 2.19. The average molecular weight is 214 g/mol. The first-order valence-electron chi connectivity index (χ1n) is 4.82. The maximum atomic E-state index is 11.0. The molecule has 1 heterocycles. The Labute approximate surface area is 87.6 Å². The molecule has 0 aromatic carbocycles. The molecule has 6 nitrogen and oxygen atoms in total. The van der Waals surface area contributed by atoms with E-state index in [1.807, 2.05) is 0 Å². The molecule has 0 atom stereocenters. The van der Waals surface area contributed by atoms with Gasteiger partial charge in [0.05, 0.1) is 26.1 Å². The maximum Gasteiger partial charge on any atom is 0.307 e. The summed E-state index contributed by atoms with van der Waals surface area (Å²) < 4.78 is 4.74. The van der Waals surface area contributed by atoms with E-state index in [-0.39, 0.29) is 37.3 Å². The molecule has 1 rings (SSSR count). The topological polar surface area (TPSA) is 75.7 Å². The van der Waals surface area contributed by atoms with Crippen molar-refractivity contribution in [2.45, 2.75) is 13.3 Å². The van der Waals surface area contributed by atoms with Crippen LogP contribution in [0.5, 0.6) is 0 Å². The highest BCUT2D eigenvalue weighted by Crippen LogP contribution is 1.97. The summed E-state index contributed by atoms with van der Waals surface area (Å²) in [6, 6.07) is 0. The first-order valence-corrected chi connectivity index (χ1v) is 4.82. The van der Waals surface area contributed by atoms with E-state index < -0.39 is 0 Å². The minimum Gasteiger partial charge on any atom is -0.466 e. The molecule has 0 bridgehead atoms. The van der Waals surface area contributed by atoms with Gasteiger partial charge >= 0.3 is 5.97 Å². The van der Waals surface area contributed by atoms with Crippen LogP contribution in [0.4, 0.5) is 0 Å². The zero-order valence-corrected chi connectivity index (χ0v) is 8.62. The van der Waals surface area contributed by atoms with Gasteiger partial charge in [-0.1, -0.05) is 0 Å². The lowest BCUT2D eigenvalue weighted by Crippen LogP contribution is -2.51. The van der Waals surface area contributed by atoms with Crippen LogP contribution in [0.3, 0.4) is 0 Å². The van der Waals surface area contributed by atoms with Crippen molar-refractivity contribution < 1.29 is 19.1 Å². The number of ether oxygens (including phenoxy) is 1. The van der Waals surface area contributed by atoms with Crippen molar-refractivity contribution in [1.82, 2.24) is 10.2 Å². The molecule has 1 aliphatic heterocycles. The fourth-order valence-electron chi connectivity index (χ4n) is 1.34. The van der Waals surface area contributed by atoms with Gasteiger partial charge in [0.25, 0.3) is 0 Å². The van der Waals surface area contributed by atoms with Crippen molar-refractivity contribution in [1.29, 1.82) is 0 Å². The molecule has 0 radical (unpaired) electrons. The molecule has 1 fully saturated rings. The van der Waals surface area contributed by atoms with Crippen LogP contribution in [-0.4, -0.2) is 48.9 Å². The molecule has 0 aliphatic carbocycles. The number of carbonyl (C=O) groups excluding carboxylic acids is 3. The summed E-state index contributed by atoms with van der Waals surface area (Å²) in [5.74, 6) is -0.957. The second kappa shape index (κ2) is 5.45. The quantitative estimate of drug-likeness (QED) is 0.475. The van der Waals surface area contributed by atoms with Gasteiger partial charge in [-0.2, -0.15) is 0 Å². The number of esters is 1. The summed E-state index contributed by atoms with van der Waals surface area (Å²) in [4.78, 5) is 34.6. The molecule has 1 N–H and O–H groups in total. The predicted molar refractivity (Wildman–Crippen MR) is 50.8 cm³/mol. The van der Waals surface area contributed by atoms with E-state index in [1.165, 1.54) is 0 Å². The minimum atomic E-state index is -0.324. The lowest BCUT2D eigenvalue weighted by atomic mass is 10.3. The van der Waals surface area contributed by atoms with Crippen LogP contribution in [-0.2, 0) is 19.1 Å². The van der Waals surface area contributed by atoms with E-state index in [1.54, 1.807) is 11.8 Å². The third-order valence-electron chi connectivity index (χ3n) is 1.95. The van der Waals surface area contributed by atoms with Crippen LogP contribution in [0.25, 0.3) is 0 Å². The van der Waals surface area contributed by atoms with Crippen molar-refractivity contribution >= 4 is 17.8 Å². The normalized spacial score (nSPS) is 17.4. The smallest absolute Gasteiger partial charge is 0.307 e. The lowest BCUT2D eigenvalue weighted by Gasteiger charge is -2.24. The monoisotopic (exact) mass is 214 g/mol. The summed E-state index contributed by atoms with van der Waals surface area (Å²) >= 11 is 0. The zero-order chi connectivity index (χ0) is 11.3. The Morgan fingerprint density at radius 2 is 2.00 bits per heavy atom. The Morgan fingerprint density at radius 3 is 2.53 bits per heavy atom. The Hall–Kier alpha value is -1.43. The number of piperazine rings is 1. The molecule has 2 amide bonds. The number of nitrogens with zero attached hydrogens (tertiary/aromatic N) is 1. The zero-order valence-electron chi connectivity index (χ0n) is 8.62. The van der Waals surface area contributed by atoms with E-state index in [2.05, 4.69) is 5.32 Å². The molecule has 0 aromatic heterocycles. The van der Waals surface area contributed by atoms with Gasteiger partial charge in [0.15, 0.2) is 0 Å². The number of nitrogens with one attached hydrogen (secondary N) is 1. The van der Waals surface area contributed by atoms with Crippen LogP contribution in [0, 0.1) is 0 Å². The SMILES string of the molecule is CCOC(=O)CCN1CC(=O)NC(=O)C1. The Balaban J connectivity index is 2.29. The highest BCUT2D eigenvalue weighted by Gasteiger charge is 2.22. The third-order valence-corrected chi connectivity index (χ3v) is 1.95. The number of hydrogen-bond donors (Lipinski definition) is 1. The summed E-state index contributed by atoms with van der Waals surface area (Å²) in [6.07, 6.45) is 0.203. The molecule has 0 spiro atoms. The first kappa shape index (κ1) is 11.6. The van der Waals surface area contributed by atoms with Gasteiger partial charge in [0.1, 0.15) is 0 Å². The Bertz CT molecular complexity index is 261. The number of hydrogen-bond acceptors (Lipinski definition) is 5. The fraction of sp³-hybridized carbons (Fsp3) is 0.667. The minimum absolute atomic E-state index is 0.158. The van der Waals surface area contributed by atoms with E-state index in [4.69, 9.17) is 4.74 Å². The molecule has 6 heteroatoms. The van der Waals surface area contributed by atoms with Gasteiger partial charge < -0.3 is 4.74 Å². The maximum absolute atomic E-state index is 11.0. The lowest BCUT2D eigenvalue weighted by molar-refractivity contribution is -0.145. The van der Waals surface area contributed by atoms with Gasteiger partial charge in [-0.05, 0) is 6.92 Å². The van der Waals surface area contributed by atoms with Gasteiger partial charge in [-0.3, -0.25) is 24.6 Å². The largest absolute Gasteiger partial charge is 0.466 e. The number of rotatable bonds is 4. The standard InChI is InChI=1S/C9H14N2O4/c1-2-15-9(14)3-4-11-5-7(12)10-8(13)6-11/h2-6H2,1H3,(H,10,12,13). The van der Waals surface area contributed by atoms with Crippen LogP contribution in [0.15, 0.2) is 0 Å². The van der Waals surface area contributed by atoms with E-state index in [9.17, 15) is 14.4 Å². The van der Waals surface area contributed by atoms with Crippen LogP contribution in [0.1, 0.15) is 13.3 Å². The Kier molecular flexibility index (Phi) is 4.23. The molecule has 0 saturated carbocycles. The van der Waals surface area contributed by atoms with Crippen LogP contribution < -0.4 is 5.32 Å². The van der Waals surface area contributed by atoms with Gasteiger partial charge in [0, 0.05) is 6.54 Å². The average Bonchev–Trinajstić information content (AvgIpc) is 2.14. The van der Waals surface area contributed by atoms with Crippen molar-refractivity contribution in [2.75, 3.05) is 26.2 Å². The molecule has 0 unspecified atom stereocenters. The molecular formula is C9H14N2O4. The van der Waals surface area contributed by atoms with Crippen molar-refractivity contribution in [3.8, 4) is 0 Å². The third kappa shape index (κ3) is 4.07. The van der Waals surface area contributed by atoms with Crippen molar-refractivity contribution in [3.63, 3.8) is 0 Å². The van der Waals surface area contributed by atoms with E-state index in [0.29, 0.717) is 13.2 Å². The fourth-order valence-corrected chi connectivity index (χ4v) is 1.34. The highest BCUT2D eigenvalue weighted by molar-refractivity contribution is 5.99. The molecule has 1 aliphatic rings. The van der Waals surface area contributed by atoms with Gasteiger partial charge in [-0.25, -0.2) is 0 Å². The summed E-state index contributed by atoms with van der Waals surface area (Å²) in [6.45, 7) is 2.77. The second-order valence-electron chi connectivity index (χ2n) is 3.24. The van der Waals surface area contributed by atoms with Gasteiger partial charge in [-0.15, -0.1) is 0 Å². The molecular weight excluding hydrogens is 200 g/mol. The summed E-state index contributed by atoms with van der Waals surface area (Å²) in [7, 11) is 0. The first-order chi connectivity index (χ1) is 7.11. The van der Waals surface area contributed by atoms with E-state index in [0.717, 1.165) is 0 Å². The molecule has 84 valence electrons. The second-order valence-corrected chi connectivity index (χ2v) is 3.24. The van der Waals surface area contributed by atoms with Crippen LogP contribution in [0.2, 0.25) is 0 Å². The number of amides is 2. The Morgan fingerprint density at radius 1 is 1.40 bits per heavy atom. The van der Waals surface area contributed by atoms with Crippen LogP contribution >= 0.6 is 0 Å². The highest BCUT2D eigenvalue weighted by atomic mass is 16.5. The molecule has 1 saturated heterocycles. The van der Waals surface area contributed by atoms with Gasteiger partial charge in [0.2, 0.25) is 11.8 Å². The number of imide groups is 1. The summed E-state index contributed by atoms with van der Waals surface area (Å²) in [5.41, 5.74) is 0. The molecule has 15 heavy (non-hydrogen) atoms. The van der Waals surface area contributed by atoms with Crippen molar-refractivity contribution in [3.05, 3.63) is 0 Å². The molecule has 0 aromatic rings. The van der Waals surface area contributed by atoms with E-state index >= 15 is 0 Å². The van der Waals surface area contributed by atoms with Crippen molar-refractivity contribution in [2.24, 2.45) is 0 Å².